The molecule has 1 aromatic carbocycles. The number of hydrogen-bond acceptors (Lipinski definition) is 10. The smallest absolute Gasteiger partial charge is 0.417 e. The van der Waals surface area contributed by atoms with Crippen LogP contribution < -0.4 is 20.1 Å². The van der Waals surface area contributed by atoms with Crippen LogP contribution in [0.5, 0.6) is 11.5 Å². The summed E-state index contributed by atoms with van der Waals surface area (Å²) in [6.45, 7) is 6.30. The van der Waals surface area contributed by atoms with E-state index in [1.807, 2.05) is 0 Å². The van der Waals surface area contributed by atoms with Crippen LogP contribution in [-0.2, 0) is 20.8 Å². The fourth-order valence-electron chi connectivity index (χ4n) is 4.73. The molecule has 15 heteroatoms. The summed E-state index contributed by atoms with van der Waals surface area (Å²) in [7, 11) is 1.46. The number of carboxylic acid groups (broad SMARTS) is 1. The van der Waals surface area contributed by atoms with Gasteiger partial charge in [0.25, 0.3) is 5.91 Å². The highest BCUT2D eigenvalue weighted by atomic mass is 35.5. The van der Waals surface area contributed by atoms with Crippen molar-refractivity contribution in [3.05, 3.63) is 58.5 Å². The first-order valence-corrected chi connectivity index (χ1v) is 15.0. The lowest BCUT2D eigenvalue weighted by Gasteiger charge is -2.33. The molecule has 1 fully saturated rings. The summed E-state index contributed by atoms with van der Waals surface area (Å²) in [5, 5.41) is 16.2. The molecule has 1 aromatic heterocycles. The minimum Gasteiger partial charge on any atom is -0.493 e. The lowest BCUT2D eigenvalue weighted by molar-refractivity contribution is -0.126. The van der Waals surface area contributed by atoms with Gasteiger partial charge >= 0.3 is 12.2 Å². The first kappa shape index (κ1) is 33.7. The number of rotatable bonds is 9. The number of nitrogens with zero attached hydrogens (tertiary/aromatic N) is 3. The zero-order valence-corrected chi connectivity index (χ0v) is 27.0. The highest BCUT2D eigenvalue weighted by Gasteiger charge is 2.36. The minimum atomic E-state index is -1.04. The molecule has 2 aromatic rings. The maximum atomic E-state index is 13.8. The number of pyridine rings is 1. The van der Waals surface area contributed by atoms with Crippen LogP contribution in [0.4, 0.5) is 15.3 Å². The van der Waals surface area contributed by atoms with Crippen molar-refractivity contribution in [2.75, 3.05) is 45.3 Å². The number of carbonyl (C=O) groups is 3. The van der Waals surface area contributed by atoms with Gasteiger partial charge < -0.3 is 34.7 Å². The summed E-state index contributed by atoms with van der Waals surface area (Å²) < 4.78 is 22.3. The largest absolute Gasteiger partial charge is 0.493 e. The molecule has 242 valence electrons. The van der Waals surface area contributed by atoms with Crippen molar-refractivity contribution in [1.82, 2.24) is 20.1 Å². The molecule has 3 heterocycles. The number of morpholine rings is 1. The van der Waals surface area contributed by atoms with E-state index in [0.717, 1.165) is 4.90 Å². The second-order valence-electron chi connectivity index (χ2n) is 11.2. The first-order chi connectivity index (χ1) is 21.4. The Balaban J connectivity index is 1.58. The van der Waals surface area contributed by atoms with Crippen molar-refractivity contribution in [2.45, 2.75) is 45.4 Å². The van der Waals surface area contributed by atoms with Crippen LogP contribution in [-0.4, -0.2) is 94.6 Å². The molecule has 13 nitrogen and oxygen atoms in total. The van der Waals surface area contributed by atoms with E-state index in [9.17, 15) is 19.5 Å². The Kier molecular flexibility index (Phi) is 11.1. The number of thiocarbonyl (C=S) groups is 1. The number of hydrogen-bond donors (Lipinski definition) is 3. The fraction of sp³-hybridized carbons (Fsp3) is 0.433. The van der Waals surface area contributed by atoms with E-state index >= 15 is 0 Å². The number of amides is 3. The maximum absolute atomic E-state index is 13.8. The van der Waals surface area contributed by atoms with Gasteiger partial charge in [-0.05, 0) is 39.0 Å². The van der Waals surface area contributed by atoms with Crippen LogP contribution in [0, 0.1) is 0 Å². The molecule has 45 heavy (non-hydrogen) atoms. The third-order valence-electron chi connectivity index (χ3n) is 6.87. The van der Waals surface area contributed by atoms with Gasteiger partial charge in [-0.3, -0.25) is 14.7 Å². The van der Waals surface area contributed by atoms with Gasteiger partial charge in [0.05, 0.1) is 48.8 Å². The summed E-state index contributed by atoms with van der Waals surface area (Å²) in [5.41, 5.74) is 0.912. The third kappa shape index (κ3) is 8.53. The summed E-state index contributed by atoms with van der Waals surface area (Å²) in [6, 6.07) is 6.34. The average Bonchev–Trinajstić information content (AvgIpc) is 2.98. The molecule has 4 rings (SSSR count). The second-order valence-corrected chi connectivity index (χ2v) is 12.0. The molecular weight excluding hydrogens is 626 g/mol. The zero-order valence-electron chi connectivity index (χ0n) is 25.4. The van der Waals surface area contributed by atoms with Crippen LogP contribution in [0.25, 0.3) is 0 Å². The number of aromatic nitrogens is 1. The predicted molar refractivity (Wildman–Crippen MR) is 170 cm³/mol. The number of imide groups is 1. The van der Waals surface area contributed by atoms with Gasteiger partial charge in [0.2, 0.25) is 0 Å². The lowest BCUT2D eigenvalue weighted by atomic mass is 10.0. The fourth-order valence-corrected chi connectivity index (χ4v) is 5.31. The molecule has 1 atom stereocenters. The number of halogens is 1. The van der Waals surface area contributed by atoms with Gasteiger partial charge in [0.1, 0.15) is 22.9 Å². The van der Waals surface area contributed by atoms with E-state index in [4.69, 9.17) is 42.8 Å². The molecule has 2 aliphatic rings. The molecule has 1 saturated heterocycles. The Hall–Kier alpha value is -4.14. The normalized spacial score (nSPS) is 17.1. The Morgan fingerprint density at radius 2 is 2.02 bits per heavy atom. The maximum Gasteiger partial charge on any atom is 0.417 e. The molecule has 0 aliphatic carbocycles. The van der Waals surface area contributed by atoms with Crippen molar-refractivity contribution in [3.8, 4) is 11.5 Å². The van der Waals surface area contributed by atoms with Crippen molar-refractivity contribution >= 4 is 52.6 Å². The first-order valence-electron chi connectivity index (χ1n) is 14.2. The van der Waals surface area contributed by atoms with Gasteiger partial charge in [-0.25, -0.2) is 14.5 Å². The van der Waals surface area contributed by atoms with E-state index in [1.165, 1.54) is 18.2 Å². The SMILES string of the molecule is COc1c(Cl)cccc1NC(=S)C1=C(NCc2ccncc2OC[C@H]2COCCN2C(=O)O)CCN(C(=O)OC(C)(C)C)C1=O. The molecule has 0 bridgehead atoms. The molecule has 3 amide bonds. The highest BCUT2D eigenvalue weighted by molar-refractivity contribution is 7.81. The molecule has 0 unspecified atom stereocenters. The summed E-state index contributed by atoms with van der Waals surface area (Å²) in [6.07, 6.45) is 1.58. The number of methoxy groups -OCH3 is 1. The van der Waals surface area contributed by atoms with E-state index in [2.05, 4.69) is 15.6 Å². The Bertz CT molecular complexity index is 1480. The molecule has 0 radical (unpaired) electrons. The number of benzene rings is 1. The molecular formula is C30H36ClN5O8S. The van der Waals surface area contributed by atoms with Gasteiger partial charge in [-0.2, -0.15) is 0 Å². The van der Waals surface area contributed by atoms with Gasteiger partial charge in [-0.1, -0.05) is 29.9 Å². The van der Waals surface area contributed by atoms with Gasteiger partial charge in [0, 0.05) is 43.5 Å². The topological polar surface area (TPSA) is 152 Å². The van der Waals surface area contributed by atoms with Crippen LogP contribution >= 0.6 is 23.8 Å². The minimum absolute atomic E-state index is 0.0496. The third-order valence-corrected chi connectivity index (χ3v) is 7.48. The van der Waals surface area contributed by atoms with Crippen molar-refractivity contribution in [3.63, 3.8) is 0 Å². The molecule has 2 aliphatic heterocycles. The van der Waals surface area contributed by atoms with E-state index < -0.39 is 29.7 Å². The number of anilines is 1. The number of para-hydroxylation sites is 1. The quantitative estimate of drug-likeness (QED) is 0.326. The van der Waals surface area contributed by atoms with Crippen molar-refractivity contribution in [2.24, 2.45) is 0 Å². The Morgan fingerprint density at radius 3 is 2.73 bits per heavy atom. The summed E-state index contributed by atoms with van der Waals surface area (Å²) >= 11 is 12.0. The van der Waals surface area contributed by atoms with E-state index in [1.54, 1.807) is 51.2 Å². The second kappa shape index (κ2) is 14.8. The Labute approximate surface area is 271 Å². The summed E-state index contributed by atoms with van der Waals surface area (Å²) in [4.78, 5) is 44.9. The highest BCUT2D eigenvalue weighted by Crippen LogP contribution is 2.33. The number of carbonyl (C=O) groups excluding carboxylic acids is 2. The number of nitrogens with one attached hydrogen (secondary N) is 2. The Morgan fingerprint density at radius 1 is 1.24 bits per heavy atom. The van der Waals surface area contributed by atoms with E-state index in [-0.39, 0.29) is 49.8 Å². The van der Waals surface area contributed by atoms with Crippen LogP contribution in [0.1, 0.15) is 32.8 Å². The summed E-state index contributed by atoms with van der Waals surface area (Å²) in [5.74, 6) is 0.144. The predicted octanol–water partition coefficient (Wildman–Crippen LogP) is 4.45. The lowest BCUT2D eigenvalue weighted by Crippen LogP contribution is -2.50. The van der Waals surface area contributed by atoms with Crippen molar-refractivity contribution in [1.29, 1.82) is 0 Å². The number of ether oxygens (including phenoxy) is 4. The molecule has 0 saturated carbocycles. The van der Waals surface area contributed by atoms with Crippen LogP contribution in [0.2, 0.25) is 5.02 Å². The van der Waals surface area contributed by atoms with Gasteiger partial charge in [-0.15, -0.1) is 0 Å². The standard InChI is InChI=1S/C30H36ClN5O8S/c1-30(2,3)44-29(40)36-11-9-21(24(27(36)37)26(45)34-22-7-5-6-20(31)25(22)41-4)33-14-18-8-10-32-15-23(18)43-17-19-16-42-13-12-35(19)28(38)39/h5-8,10,15,19,33H,9,11-14,16-17H2,1-4H3,(H,34,45)(H,38,39)/t19-/m1/s1. The van der Waals surface area contributed by atoms with E-state index in [0.29, 0.717) is 40.1 Å². The monoisotopic (exact) mass is 661 g/mol. The zero-order chi connectivity index (χ0) is 32.7. The molecule has 0 spiro atoms. The average molecular weight is 662 g/mol. The van der Waals surface area contributed by atoms with Crippen LogP contribution in [0.3, 0.4) is 0 Å². The van der Waals surface area contributed by atoms with Crippen molar-refractivity contribution < 1.29 is 38.4 Å². The van der Waals surface area contributed by atoms with Gasteiger partial charge in [0.15, 0.2) is 5.75 Å². The van der Waals surface area contributed by atoms with Crippen LogP contribution in [0.15, 0.2) is 47.9 Å². The molecule has 3 N–H and O–H groups in total.